The fraction of sp³-hybridized carbons (Fsp3) is 0. The van der Waals surface area contributed by atoms with Crippen LogP contribution in [0.15, 0.2) is 66.7 Å². The first kappa shape index (κ1) is 14.3. The number of hydrogen-bond donors (Lipinski definition) is 2. The molecule has 0 bridgehead atoms. The molecule has 3 aromatic carbocycles. The van der Waals surface area contributed by atoms with Gasteiger partial charge in [0.05, 0.1) is 11.1 Å². The number of phenolic OH excluding ortho intramolecular Hbond substituents is 2. The summed E-state index contributed by atoms with van der Waals surface area (Å²) in [5.41, 5.74) is 3.58. The highest BCUT2D eigenvalue weighted by Crippen LogP contribution is 2.42. The molecule has 0 amide bonds. The molecule has 0 aromatic heterocycles. The van der Waals surface area contributed by atoms with E-state index in [9.17, 15) is 15.0 Å². The fourth-order valence-corrected chi connectivity index (χ4v) is 3.15. The Bertz CT molecular complexity index is 928. The highest BCUT2D eigenvalue weighted by molar-refractivity contribution is 6.22. The summed E-state index contributed by atoms with van der Waals surface area (Å²) < 4.78 is 0. The first-order chi connectivity index (χ1) is 11.7. The second-order valence-electron chi connectivity index (χ2n) is 5.70. The summed E-state index contributed by atoms with van der Waals surface area (Å²) >= 11 is 0. The van der Waals surface area contributed by atoms with Gasteiger partial charge in [-0.3, -0.25) is 4.79 Å². The average molecular weight is 314 g/mol. The molecule has 3 heteroatoms. The zero-order valence-electron chi connectivity index (χ0n) is 12.7. The van der Waals surface area contributed by atoms with Crippen LogP contribution in [0.25, 0.3) is 11.6 Å². The standard InChI is InChI=1S/C21H14O3/c22-17-10-4-8-14-16(12-13-6-2-1-3-7-13)15-9-5-11-18(23)20(15)21(24)19(14)17/h1-12,22-23H. The van der Waals surface area contributed by atoms with E-state index in [0.29, 0.717) is 11.1 Å². The summed E-state index contributed by atoms with van der Waals surface area (Å²) in [4.78, 5) is 12.8. The van der Waals surface area contributed by atoms with Crippen molar-refractivity contribution in [1.82, 2.24) is 0 Å². The number of carbonyl (C=O) groups excluding carboxylic acids is 1. The lowest BCUT2D eigenvalue weighted by Crippen LogP contribution is -2.14. The summed E-state index contributed by atoms with van der Waals surface area (Å²) in [5, 5.41) is 20.4. The van der Waals surface area contributed by atoms with Crippen LogP contribution in [-0.4, -0.2) is 16.0 Å². The SMILES string of the molecule is O=C1c2c(O)cccc2C(=Cc2ccccc2)c2cccc(O)c21. The molecule has 3 aromatic rings. The average Bonchev–Trinajstić information content (AvgIpc) is 2.59. The third-order valence-electron chi connectivity index (χ3n) is 4.23. The molecule has 0 unspecified atom stereocenters. The highest BCUT2D eigenvalue weighted by Gasteiger charge is 2.31. The van der Waals surface area contributed by atoms with Crippen LogP contribution in [0.2, 0.25) is 0 Å². The summed E-state index contributed by atoms with van der Waals surface area (Å²) in [6, 6.07) is 19.8. The maximum atomic E-state index is 12.8. The number of aromatic hydroxyl groups is 2. The van der Waals surface area contributed by atoms with Gasteiger partial charge in [-0.15, -0.1) is 0 Å². The van der Waals surface area contributed by atoms with Crippen LogP contribution in [0, 0.1) is 0 Å². The van der Waals surface area contributed by atoms with Gasteiger partial charge in [0.1, 0.15) is 11.5 Å². The van der Waals surface area contributed by atoms with Crippen molar-refractivity contribution in [1.29, 1.82) is 0 Å². The zero-order valence-corrected chi connectivity index (χ0v) is 12.7. The van der Waals surface area contributed by atoms with Gasteiger partial charge in [0.25, 0.3) is 0 Å². The molecule has 0 saturated carbocycles. The van der Waals surface area contributed by atoms with Gasteiger partial charge >= 0.3 is 0 Å². The number of carbonyl (C=O) groups is 1. The molecule has 2 N–H and O–H groups in total. The Kier molecular flexibility index (Phi) is 3.21. The van der Waals surface area contributed by atoms with Crippen molar-refractivity contribution in [3.8, 4) is 11.5 Å². The molecule has 0 heterocycles. The van der Waals surface area contributed by atoms with E-state index in [1.54, 1.807) is 12.1 Å². The molecule has 0 fully saturated rings. The van der Waals surface area contributed by atoms with E-state index in [-0.39, 0.29) is 28.4 Å². The Balaban J connectivity index is 2.07. The maximum Gasteiger partial charge on any atom is 0.201 e. The summed E-state index contributed by atoms with van der Waals surface area (Å²) in [5.74, 6) is -0.517. The molecular formula is C21H14O3. The molecule has 1 aliphatic rings. The van der Waals surface area contributed by atoms with E-state index in [1.165, 1.54) is 12.1 Å². The number of ketones is 1. The zero-order chi connectivity index (χ0) is 16.7. The molecule has 4 rings (SSSR count). The van der Waals surface area contributed by atoms with E-state index in [1.807, 2.05) is 48.5 Å². The van der Waals surface area contributed by atoms with Crippen molar-refractivity contribution in [3.63, 3.8) is 0 Å². The van der Waals surface area contributed by atoms with Crippen molar-refractivity contribution in [2.24, 2.45) is 0 Å². The smallest absolute Gasteiger partial charge is 0.201 e. The topological polar surface area (TPSA) is 57.5 Å². The molecule has 24 heavy (non-hydrogen) atoms. The first-order valence-electron chi connectivity index (χ1n) is 7.63. The highest BCUT2D eigenvalue weighted by atomic mass is 16.3. The number of hydrogen-bond acceptors (Lipinski definition) is 3. The minimum absolute atomic E-state index is 0.0784. The Morgan fingerprint density at radius 2 is 1.21 bits per heavy atom. The molecular weight excluding hydrogens is 300 g/mol. The summed E-state index contributed by atoms with van der Waals surface area (Å²) in [6.07, 6.45) is 1.96. The van der Waals surface area contributed by atoms with Crippen LogP contribution in [0.4, 0.5) is 0 Å². The Labute approximate surface area is 139 Å². The van der Waals surface area contributed by atoms with Crippen molar-refractivity contribution >= 4 is 17.4 Å². The Morgan fingerprint density at radius 1 is 0.667 bits per heavy atom. The van der Waals surface area contributed by atoms with Gasteiger partial charge in [0.15, 0.2) is 0 Å². The van der Waals surface area contributed by atoms with Crippen molar-refractivity contribution in [3.05, 3.63) is 94.5 Å². The lowest BCUT2D eigenvalue weighted by Gasteiger charge is -2.23. The second kappa shape index (κ2) is 5.39. The van der Waals surface area contributed by atoms with Crippen LogP contribution in [0.1, 0.15) is 32.6 Å². The first-order valence-corrected chi connectivity index (χ1v) is 7.63. The normalized spacial score (nSPS) is 12.5. The molecule has 1 aliphatic carbocycles. The van der Waals surface area contributed by atoms with Crippen molar-refractivity contribution in [2.45, 2.75) is 0 Å². The molecule has 0 saturated heterocycles. The molecule has 116 valence electrons. The largest absolute Gasteiger partial charge is 0.507 e. The third kappa shape index (κ3) is 2.10. The fourth-order valence-electron chi connectivity index (χ4n) is 3.15. The molecule has 0 radical (unpaired) electrons. The minimum atomic E-state index is -0.360. The van der Waals surface area contributed by atoms with Gasteiger partial charge in [-0.2, -0.15) is 0 Å². The number of phenols is 2. The second-order valence-corrected chi connectivity index (χ2v) is 5.70. The van der Waals surface area contributed by atoms with E-state index in [4.69, 9.17) is 0 Å². The van der Waals surface area contributed by atoms with Gasteiger partial charge in [-0.1, -0.05) is 54.6 Å². The van der Waals surface area contributed by atoms with Crippen LogP contribution < -0.4 is 0 Å². The number of fused-ring (bicyclic) bond motifs is 2. The maximum absolute atomic E-state index is 12.8. The molecule has 0 aliphatic heterocycles. The van der Waals surface area contributed by atoms with Crippen molar-refractivity contribution < 1.29 is 15.0 Å². The summed E-state index contributed by atoms with van der Waals surface area (Å²) in [7, 11) is 0. The van der Waals surface area contributed by atoms with E-state index >= 15 is 0 Å². The third-order valence-corrected chi connectivity index (χ3v) is 4.23. The molecule has 3 nitrogen and oxygen atoms in total. The summed E-state index contributed by atoms with van der Waals surface area (Å²) in [6.45, 7) is 0. The van der Waals surface area contributed by atoms with Crippen LogP contribution in [0.3, 0.4) is 0 Å². The van der Waals surface area contributed by atoms with E-state index in [2.05, 4.69) is 0 Å². The van der Waals surface area contributed by atoms with Gasteiger partial charge < -0.3 is 10.2 Å². The van der Waals surface area contributed by atoms with Gasteiger partial charge in [0.2, 0.25) is 5.78 Å². The lowest BCUT2D eigenvalue weighted by molar-refractivity contribution is 0.103. The minimum Gasteiger partial charge on any atom is -0.507 e. The lowest BCUT2D eigenvalue weighted by atomic mass is 9.80. The number of benzene rings is 3. The van der Waals surface area contributed by atoms with E-state index < -0.39 is 0 Å². The van der Waals surface area contributed by atoms with E-state index in [0.717, 1.165) is 11.1 Å². The molecule has 0 spiro atoms. The molecule has 0 atom stereocenters. The van der Waals surface area contributed by atoms with Crippen molar-refractivity contribution in [2.75, 3.05) is 0 Å². The van der Waals surface area contributed by atoms with Crippen LogP contribution in [0.5, 0.6) is 11.5 Å². The number of rotatable bonds is 1. The predicted octanol–water partition coefficient (Wildman–Crippen LogP) is 4.23. The van der Waals surface area contributed by atoms with Gasteiger partial charge in [-0.25, -0.2) is 0 Å². The van der Waals surface area contributed by atoms with Crippen LogP contribution in [-0.2, 0) is 0 Å². The Morgan fingerprint density at radius 3 is 1.75 bits per heavy atom. The van der Waals surface area contributed by atoms with Crippen LogP contribution >= 0.6 is 0 Å². The Hall–Kier alpha value is -3.33. The quantitative estimate of drug-likeness (QED) is 0.553. The van der Waals surface area contributed by atoms with Gasteiger partial charge in [-0.05, 0) is 40.5 Å². The monoisotopic (exact) mass is 314 g/mol. The van der Waals surface area contributed by atoms with Gasteiger partial charge in [0, 0.05) is 0 Å². The predicted molar refractivity (Wildman–Crippen MR) is 93.1 cm³/mol.